The number of hydrogen-bond donors (Lipinski definition) is 4. The van der Waals surface area contributed by atoms with Crippen LogP contribution in [0.25, 0.3) is 0 Å². The molecule has 0 spiro atoms. The first-order chi connectivity index (χ1) is 10.2. The Morgan fingerprint density at radius 1 is 1.50 bits per heavy atom. The van der Waals surface area contributed by atoms with E-state index < -0.39 is 24.5 Å². The van der Waals surface area contributed by atoms with Crippen molar-refractivity contribution in [2.24, 2.45) is 17.6 Å². The second kappa shape index (κ2) is 7.91. The number of aliphatic carboxylic acids is 1. The molecule has 0 saturated carbocycles. The summed E-state index contributed by atoms with van der Waals surface area (Å²) in [6.45, 7) is 2.21. The smallest absolute Gasteiger partial charge is 0.451 e. The van der Waals surface area contributed by atoms with Crippen LogP contribution in [-0.4, -0.2) is 71.4 Å². The molecule has 3 atom stereocenters. The van der Waals surface area contributed by atoms with Crippen molar-refractivity contribution in [2.45, 2.75) is 31.6 Å². The first-order valence-electron chi connectivity index (χ1n) is 7.38. The van der Waals surface area contributed by atoms with E-state index in [1.807, 2.05) is 0 Å². The molecular weight excluding hydrogens is 291 g/mol. The molecule has 0 aromatic heterocycles. The summed E-state index contributed by atoms with van der Waals surface area (Å²) in [6, 6.07) is 0. The zero-order valence-electron chi connectivity index (χ0n) is 13.1. The zero-order valence-corrected chi connectivity index (χ0v) is 13.1. The lowest BCUT2D eigenvalue weighted by atomic mass is 9.78. The van der Waals surface area contributed by atoms with Crippen molar-refractivity contribution in [1.82, 2.24) is 4.90 Å². The minimum atomic E-state index is -1.50. The molecule has 0 radical (unpaired) electrons. The van der Waals surface area contributed by atoms with Gasteiger partial charge in [0.05, 0.1) is 12.5 Å². The van der Waals surface area contributed by atoms with E-state index in [1.54, 1.807) is 6.92 Å². The van der Waals surface area contributed by atoms with Crippen LogP contribution in [0.5, 0.6) is 0 Å². The summed E-state index contributed by atoms with van der Waals surface area (Å²) in [7, 11) is 0.0826. The largest absolute Gasteiger partial charge is 0.480 e. The molecule has 1 saturated heterocycles. The van der Waals surface area contributed by atoms with Gasteiger partial charge in [-0.3, -0.25) is 9.59 Å². The van der Waals surface area contributed by atoms with Crippen LogP contribution in [-0.2, 0) is 14.3 Å². The van der Waals surface area contributed by atoms with Gasteiger partial charge in [0.2, 0.25) is 5.91 Å². The molecule has 0 aliphatic carbocycles. The summed E-state index contributed by atoms with van der Waals surface area (Å²) in [5.41, 5.74) is 4.52. The standard InChI is InChI=1S/C13H25BN2O6/c1-9(7-22-2)11(17)16-6-10(4-3-5-14(20)21)13(15,8-16)12(18)19/h9-10,20-21H,3-8,15H2,1-2H3,(H,18,19)/t9-,10-,13-/m0/s1. The molecule has 1 heterocycles. The Labute approximate surface area is 130 Å². The lowest BCUT2D eigenvalue weighted by molar-refractivity contribution is -0.144. The van der Waals surface area contributed by atoms with Gasteiger partial charge < -0.3 is 30.5 Å². The number of nitrogens with zero attached hydrogens (tertiary/aromatic N) is 1. The SMILES string of the molecule is COC[C@H](C)C(=O)N1C[C@H](CCCB(O)O)[C@](N)(C(=O)O)C1. The van der Waals surface area contributed by atoms with Crippen molar-refractivity contribution in [3.05, 3.63) is 0 Å². The van der Waals surface area contributed by atoms with Gasteiger partial charge in [0.1, 0.15) is 5.54 Å². The summed E-state index contributed by atoms with van der Waals surface area (Å²) >= 11 is 0. The van der Waals surface area contributed by atoms with Gasteiger partial charge in [-0.15, -0.1) is 0 Å². The Kier molecular flexibility index (Phi) is 6.79. The van der Waals surface area contributed by atoms with Gasteiger partial charge >= 0.3 is 13.1 Å². The number of methoxy groups -OCH3 is 1. The third-order valence-corrected chi connectivity index (χ3v) is 4.18. The summed E-state index contributed by atoms with van der Waals surface area (Å²) in [6.07, 6.45) is 1.01. The fourth-order valence-corrected chi connectivity index (χ4v) is 2.88. The molecule has 1 rings (SSSR count). The van der Waals surface area contributed by atoms with Crippen LogP contribution in [0, 0.1) is 11.8 Å². The van der Waals surface area contributed by atoms with Crippen LogP contribution >= 0.6 is 0 Å². The fraction of sp³-hybridized carbons (Fsp3) is 0.846. The molecule has 0 aromatic carbocycles. The lowest BCUT2D eigenvalue weighted by Gasteiger charge is -2.25. The van der Waals surface area contributed by atoms with E-state index in [0.29, 0.717) is 12.8 Å². The predicted molar refractivity (Wildman–Crippen MR) is 79.9 cm³/mol. The minimum absolute atomic E-state index is 0.0401. The van der Waals surface area contributed by atoms with E-state index in [-0.39, 0.29) is 37.8 Å². The van der Waals surface area contributed by atoms with Gasteiger partial charge in [0.15, 0.2) is 0 Å². The molecule has 0 bridgehead atoms. The van der Waals surface area contributed by atoms with Crippen molar-refractivity contribution in [1.29, 1.82) is 0 Å². The number of carbonyl (C=O) groups is 2. The quantitative estimate of drug-likeness (QED) is 0.412. The van der Waals surface area contributed by atoms with Crippen LogP contribution in [0.1, 0.15) is 19.8 Å². The van der Waals surface area contributed by atoms with Gasteiger partial charge in [-0.1, -0.05) is 13.3 Å². The number of nitrogens with two attached hydrogens (primary N) is 1. The second-order valence-corrected chi connectivity index (χ2v) is 6.03. The van der Waals surface area contributed by atoms with Gasteiger partial charge in [0.25, 0.3) is 0 Å². The Balaban J connectivity index is 2.74. The summed E-state index contributed by atoms with van der Waals surface area (Å²) in [5.74, 6) is -2.09. The summed E-state index contributed by atoms with van der Waals surface area (Å²) < 4.78 is 4.95. The van der Waals surface area contributed by atoms with E-state index in [9.17, 15) is 14.7 Å². The molecule has 9 heteroatoms. The highest BCUT2D eigenvalue weighted by Crippen LogP contribution is 2.31. The van der Waals surface area contributed by atoms with Gasteiger partial charge in [0, 0.05) is 26.1 Å². The van der Waals surface area contributed by atoms with E-state index in [1.165, 1.54) is 12.0 Å². The highest BCUT2D eigenvalue weighted by Gasteiger charge is 2.50. The average molecular weight is 316 g/mol. The zero-order chi connectivity index (χ0) is 16.9. The first-order valence-corrected chi connectivity index (χ1v) is 7.38. The molecule has 22 heavy (non-hydrogen) atoms. The maximum Gasteiger partial charge on any atom is 0.451 e. The van der Waals surface area contributed by atoms with Crippen LogP contribution in [0.4, 0.5) is 0 Å². The minimum Gasteiger partial charge on any atom is -0.480 e. The Morgan fingerprint density at radius 3 is 2.64 bits per heavy atom. The number of carbonyl (C=O) groups excluding carboxylic acids is 1. The van der Waals surface area contributed by atoms with Crippen LogP contribution in [0.15, 0.2) is 0 Å². The van der Waals surface area contributed by atoms with Gasteiger partial charge in [-0.2, -0.15) is 0 Å². The first kappa shape index (κ1) is 18.9. The molecule has 1 fully saturated rings. The molecular formula is C13H25BN2O6. The Bertz CT molecular complexity index is 408. The van der Waals surface area contributed by atoms with Crippen LogP contribution < -0.4 is 5.73 Å². The molecule has 1 aliphatic heterocycles. The number of ether oxygens (including phenoxy) is 1. The Hall–Kier alpha value is -1.16. The molecule has 1 aliphatic rings. The van der Waals surface area contributed by atoms with E-state index >= 15 is 0 Å². The van der Waals surface area contributed by atoms with E-state index in [2.05, 4.69) is 0 Å². The number of amides is 1. The average Bonchev–Trinajstić information content (AvgIpc) is 2.77. The number of likely N-dealkylation sites (tertiary alicyclic amines) is 1. The van der Waals surface area contributed by atoms with Crippen molar-refractivity contribution in [3.63, 3.8) is 0 Å². The van der Waals surface area contributed by atoms with Crippen molar-refractivity contribution in [3.8, 4) is 0 Å². The van der Waals surface area contributed by atoms with E-state index in [0.717, 1.165) is 0 Å². The lowest BCUT2D eigenvalue weighted by Crippen LogP contribution is -2.55. The number of rotatable bonds is 8. The second-order valence-electron chi connectivity index (χ2n) is 6.03. The fourth-order valence-electron chi connectivity index (χ4n) is 2.88. The van der Waals surface area contributed by atoms with Gasteiger partial charge in [-0.25, -0.2) is 0 Å². The topological polar surface area (TPSA) is 133 Å². The molecule has 126 valence electrons. The summed E-state index contributed by atoms with van der Waals surface area (Å²) in [5, 5.41) is 27.1. The maximum absolute atomic E-state index is 12.3. The number of hydrogen-bond acceptors (Lipinski definition) is 6. The van der Waals surface area contributed by atoms with Crippen molar-refractivity contribution < 1.29 is 29.5 Å². The highest BCUT2D eigenvalue weighted by molar-refractivity contribution is 6.40. The molecule has 1 amide bonds. The number of carboxylic acids is 1. The molecule has 8 nitrogen and oxygen atoms in total. The highest BCUT2D eigenvalue weighted by atomic mass is 16.5. The third-order valence-electron chi connectivity index (χ3n) is 4.18. The Morgan fingerprint density at radius 2 is 2.14 bits per heavy atom. The molecule has 5 N–H and O–H groups in total. The predicted octanol–water partition coefficient (Wildman–Crippen LogP) is -1.24. The van der Waals surface area contributed by atoms with E-state index in [4.69, 9.17) is 20.5 Å². The maximum atomic E-state index is 12.3. The van der Waals surface area contributed by atoms with Crippen LogP contribution in [0.3, 0.4) is 0 Å². The monoisotopic (exact) mass is 316 g/mol. The molecule has 0 unspecified atom stereocenters. The molecule has 0 aromatic rings. The van der Waals surface area contributed by atoms with Gasteiger partial charge in [-0.05, 0) is 12.7 Å². The third kappa shape index (κ3) is 4.42. The van der Waals surface area contributed by atoms with Crippen molar-refractivity contribution >= 4 is 19.0 Å². The van der Waals surface area contributed by atoms with Crippen LogP contribution in [0.2, 0.25) is 6.32 Å². The van der Waals surface area contributed by atoms with Crippen molar-refractivity contribution in [2.75, 3.05) is 26.8 Å². The normalized spacial score (nSPS) is 26.0. The summed E-state index contributed by atoms with van der Waals surface area (Å²) in [4.78, 5) is 25.3. The number of carboxylic acid groups (broad SMARTS) is 1.